The molecule has 0 aromatic heterocycles. The van der Waals surface area contributed by atoms with Crippen LogP contribution in [-0.4, -0.2) is 27.8 Å². The first-order valence-electron chi connectivity index (χ1n) is 3.09. The van der Waals surface area contributed by atoms with Crippen molar-refractivity contribution in [3.05, 3.63) is 0 Å². The highest BCUT2D eigenvalue weighted by Crippen LogP contribution is 1.98. The Kier molecular flexibility index (Phi) is 5.04. The van der Waals surface area contributed by atoms with E-state index in [1.807, 2.05) is 0 Å². The number of ether oxygens (including phenoxy) is 1. The van der Waals surface area contributed by atoms with Gasteiger partial charge < -0.3 is 21.9 Å². The van der Waals surface area contributed by atoms with Gasteiger partial charge in [-0.05, 0) is 24.4 Å². The van der Waals surface area contributed by atoms with Crippen LogP contribution in [0.5, 0.6) is 0 Å². The Balaban J connectivity index is 4.46. The molecule has 0 aromatic rings. The molecule has 6 N–H and O–H groups in total. The first-order chi connectivity index (χ1) is 6.82. The molecule has 0 aromatic carbocycles. The minimum absolute atomic E-state index is 0.0547. The summed E-state index contributed by atoms with van der Waals surface area (Å²) in [5.41, 5.74) is 14.2. The molecule has 0 heterocycles. The van der Waals surface area contributed by atoms with Gasteiger partial charge >= 0.3 is 17.4 Å². The molecule has 0 radical (unpaired) electrons. The zero-order valence-corrected chi connectivity index (χ0v) is 8.67. The SMILES string of the molecule is NC(=O)ON(OC(N)=O)C(=S)OC(N)=S. The number of nitrogens with two attached hydrogens (primary N) is 3. The van der Waals surface area contributed by atoms with Gasteiger partial charge in [0.2, 0.25) is 0 Å². The highest BCUT2D eigenvalue weighted by atomic mass is 32.1. The van der Waals surface area contributed by atoms with E-state index < -0.39 is 22.5 Å². The number of hydroxylamine groups is 2. The third-order valence-electron chi connectivity index (χ3n) is 0.683. The molecule has 0 aliphatic rings. The van der Waals surface area contributed by atoms with Crippen LogP contribution in [0.25, 0.3) is 0 Å². The minimum Gasteiger partial charge on any atom is -0.400 e. The molecule has 0 aliphatic heterocycles. The van der Waals surface area contributed by atoms with Gasteiger partial charge in [-0.1, -0.05) is 0 Å². The lowest BCUT2D eigenvalue weighted by atomic mass is 11.1. The van der Waals surface area contributed by atoms with Crippen molar-refractivity contribution in [3.8, 4) is 0 Å². The van der Waals surface area contributed by atoms with Crippen molar-refractivity contribution in [1.82, 2.24) is 5.23 Å². The molecule has 84 valence electrons. The Morgan fingerprint density at radius 2 is 1.40 bits per heavy atom. The second kappa shape index (κ2) is 5.77. The molecule has 11 heteroatoms. The number of carbonyl (C=O) groups excluding carboxylic acids is 2. The van der Waals surface area contributed by atoms with Crippen LogP contribution in [0.1, 0.15) is 0 Å². The van der Waals surface area contributed by atoms with E-state index in [4.69, 9.17) is 5.73 Å². The van der Waals surface area contributed by atoms with E-state index >= 15 is 0 Å². The summed E-state index contributed by atoms with van der Waals surface area (Å²) in [5, 5.41) is -1.09. The van der Waals surface area contributed by atoms with Crippen molar-refractivity contribution in [2.24, 2.45) is 17.2 Å². The number of hydrogen-bond donors (Lipinski definition) is 3. The predicted molar refractivity (Wildman–Crippen MR) is 53.6 cm³/mol. The molecule has 2 amide bonds. The van der Waals surface area contributed by atoms with Gasteiger partial charge in [-0.15, -0.1) is 0 Å². The Morgan fingerprint density at radius 1 is 1.00 bits per heavy atom. The summed E-state index contributed by atoms with van der Waals surface area (Å²) in [7, 11) is 0. The number of rotatable bonds is 0. The van der Waals surface area contributed by atoms with E-state index in [0.29, 0.717) is 0 Å². The summed E-state index contributed by atoms with van der Waals surface area (Å²) in [6, 6.07) is 0. The quantitative estimate of drug-likeness (QED) is 0.360. The lowest BCUT2D eigenvalue weighted by Gasteiger charge is -2.17. The van der Waals surface area contributed by atoms with E-state index in [0.717, 1.165) is 0 Å². The number of hydrogen-bond acceptors (Lipinski definition) is 7. The molecule has 0 atom stereocenters. The number of carbonyl (C=O) groups is 2. The third kappa shape index (κ3) is 6.23. The molecule has 0 unspecified atom stereocenters. The predicted octanol–water partition coefficient (Wildman–Crippen LogP) is -1.15. The van der Waals surface area contributed by atoms with Crippen LogP contribution < -0.4 is 17.2 Å². The van der Waals surface area contributed by atoms with Crippen LogP contribution in [0.3, 0.4) is 0 Å². The van der Waals surface area contributed by atoms with Crippen molar-refractivity contribution in [2.45, 2.75) is 0 Å². The Morgan fingerprint density at radius 3 is 1.67 bits per heavy atom. The zero-order valence-electron chi connectivity index (χ0n) is 7.04. The molecule has 0 aliphatic carbocycles. The van der Waals surface area contributed by atoms with Crippen molar-refractivity contribution in [3.63, 3.8) is 0 Å². The topological polar surface area (TPSA) is 143 Å². The maximum absolute atomic E-state index is 10.3. The van der Waals surface area contributed by atoms with Crippen LogP contribution in [0.2, 0.25) is 0 Å². The van der Waals surface area contributed by atoms with Crippen molar-refractivity contribution < 1.29 is 24.0 Å². The second-order valence-electron chi connectivity index (χ2n) is 1.76. The van der Waals surface area contributed by atoms with Gasteiger partial charge in [-0.25, -0.2) is 9.59 Å². The summed E-state index contributed by atoms with van der Waals surface area (Å²) in [6.07, 6.45) is -2.63. The van der Waals surface area contributed by atoms with Gasteiger partial charge in [0.1, 0.15) is 0 Å². The highest BCUT2D eigenvalue weighted by Gasteiger charge is 2.20. The average molecular weight is 254 g/mol. The fourth-order valence-electron chi connectivity index (χ4n) is 0.380. The maximum atomic E-state index is 10.3. The van der Waals surface area contributed by atoms with Crippen molar-refractivity contribution >= 4 is 47.0 Å². The Bertz CT molecular complexity index is 291. The van der Waals surface area contributed by atoms with Crippen molar-refractivity contribution in [2.75, 3.05) is 0 Å². The number of amides is 2. The number of nitrogens with zero attached hydrogens (tertiary/aromatic N) is 1. The monoisotopic (exact) mass is 254 g/mol. The smallest absolute Gasteiger partial charge is 0.400 e. The van der Waals surface area contributed by atoms with Crippen LogP contribution in [0, 0.1) is 0 Å². The van der Waals surface area contributed by atoms with E-state index in [9.17, 15) is 9.59 Å². The fraction of sp³-hybridized carbons (Fsp3) is 0. The van der Waals surface area contributed by atoms with Gasteiger partial charge in [-0.3, -0.25) is 9.68 Å². The standard InChI is InChI=1S/C4H6N4O5S2/c5-1(9)12-8(13-2(6)10)4(15)11-3(7)14/h(H2,5,9)(H2,6,10)(H2,7,14). The molecule has 0 bridgehead atoms. The van der Waals surface area contributed by atoms with Gasteiger partial charge in [0.05, 0.1) is 0 Å². The molecule has 0 saturated carbocycles. The largest absolute Gasteiger partial charge is 0.431 e. The van der Waals surface area contributed by atoms with E-state index in [-0.39, 0.29) is 5.23 Å². The first-order valence-corrected chi connectivity index (χ1v) is 3.90. The average Bonchev–Trinajstić information content (AvgIpc) is 1.99. The summed E-state index contributed by atoms with van der Waals surface area (Å²) in [5.74, 6) is 0. The van der Waals surface area contributed by atoms with E-state index in [1.165, 1.54) is 0 Å². The Labute approximate surface area is 93.9 Å². The molecule has 15 heavy (non-hydrogen) atoms. The van der Waals surface area contributed by atoms with Gasteiger partial charge in [0.15, 0.2) is 0 Å². The summed E-state index contributed by atoms with van der Waals surface area (Å²) < 4.78 is 4.42. The first kappa shape index (κ1) is 13.1. The highest BCUT2D eigenvalue weighted by molar-refractivity contribution is 7.81. The van der Waals surface area contributed by atoms with E-state index in [2.05, 4.69) is 50.3 Å². The lowest BCUT2D eigenvalue weighted by Crippen LogP contribution is -2.40. The fourth-order valence-corrected chi connectivity index (χ4v) is 0.676. The molecular weight excluding hydrogens is 248 g/mol. The zero-order chi connectivity index (χ0) is 12.0. The van der Waals surface area contributed by atoms with Crippen LogP contribution in [-0.2, 0) is 14.4 Å². The molecular formula is C4H6N4O5S2. The third-order valence-corrected chi connectivity index (χ3v) is 0.998. The number of thiocarbonyl (C=S) groups is 2. The molecule has 0 spiro atoms. The summed E-state index contributed by atoms with van der Waals surface area (Å²) >= 11 is 8.78. The minimum atomic E-state index is -1.31. The maximum Gasteiger partial charge on any atom is 0.431 e. The number of primary amides is 2. The summed E-state index contributed by atoms with van der Waals surface area (Å²) in [4.78, 5) is 28.8. The molecule has 0 fully saturated rings. The second-order valence-corrected chi connectivity index (χ2v) is 2.52. The molecule has 0 saturated heterocycles. The van der Waals surface area contributed by atoms with E-state index in [1.54, 1.807) is 0 Å². The molecule has 0 rings (SSSR count). The van der Waals surface area contributed by atoms with Crippen LogP contribution >= 0.6 is 24.4 Å². The summed E-state index contributed by atoms with van der Waals surface area (Å²) in [6.45, 7) is 0. The molecule has 9 nitrogen and oxygen atoms in total. The van der Waals surface area contributed by atoms with Crippen molar-refractivity contribution in [1.29, 1.82) is 0 Å². The van der Waals surface area contributed by atoms with Gasteiger partial charge in [-0.2, -0.15) is 0 Å². The lowest BCUT2D eigenvalue weighted by molar-refractivity contribution is -0.242. The normalized spacial score (nSPS) is 8.53. The van der Waals surface area contributed by atoms with Crippen LogP contribution in [0.15, 0.2) is 0 Å². The Hall–Kier alpha value is -1.88. The van der Waals surface area contributed by atoms with Crippen LogP contribution in [0.4, 0.5) is 9.59 Å². The van der Waals surface area contributed by atoms with Gasteiger partial charge in [0, 0.05) is 5.23 Å². The van der Waals surface area contributed by atoms with Gasteiger partial charge in [0.25, 0.3) is 5.17 Å².